The molecule has 0 N–H and O–H groups in total. The minimum Gasteiger partial charge on any atom is -0.303 e. The van der Waals surface area contributed by atoms with Crippen LogP contribution in [0, 0.1) is 0 Å². The molecule has 0 aromatic carbocycles. The largest absolute Gasteiger partial charge is 0.303 e. The Labute approximate surface area is 93.4 Å². The van der Waals surface area contributed by atoms with Gasteiger partial charge in [-0.3, -0.25) is 4.90 Å². The maximum Gasteiger partial charge on any atom is 0.137 e. The van der Waals surface area contributed by atoms with E-state index in [4.69, 9.17) is 0 Å². The van der Waals surface area contributed by atoms with Crippen LogP contribution in [0.1, 0.15) is 33.1 Å². The molecule has 3 heteroatoms. The number of hydrogen-bond acceptors (Lipinski definition) is 3. The second-order valence-electron chi connectivity index (χ2n) is 4.26. The lowest BCUT2D eigenvalue weighted by Gasteiger charge is -2.33. The van der Waals surface area contributed by atoms with Crippen molar-refractivity contribution >= 4 is 6.29 Å². The van der Waals surface area contributed by atoms with Crippen molar-refractivity contribution in [2.45, 2.75) is 39.2 Å². The summed E-state index contributed by atoms with van der Waals surface area (Å²) in [6.07, 6.45) is 4.65. The zero-order valence-corrected chi connectivity index (χ0v) is 10.1. The quantitative estimate of drug-likeness (QED) is 0.622. The highest BCUT2D eigenvalue weighted by molar-refractivity contribution is 5.57. The molecular formula is C12H24N2O. The molecule has 1 saturated heterocycles. The molecule has 0 aliphatic carbocycles. The number of likely N-dealkylation sites (tertiary alicyclic amines) is 1. The Hall–Kier alpha value is -0.410. The van der Waals surface area contributed by atoms with Gasteiger partial charge in [-0.05, 0) is 32.5 Å². The first-order valence-electron chi connectivity index (χ1n) is 6.23. The van der Waals surface area contributed by atoms with Gasteiger partial charge >= 0.3 is 0 Å². The van der Waals surface area contributed by atoms with Gasteiger partial charge in [0.15, 0.2) is 0 Å². The van der Waals surface area contributed by atoms with Crippen LogP contribution in [-0.2, 0) is 4.79 Å². The second-order valence-corrected chi connectivity index (χ2v) is 4.26. The summed E-state index contributed by atoms with van der Waals surface area (Å²) < 4.78 is 0. The van der Waals surface area contributed by atoms with Gasteiger partial charge < -0.3 is 9.69 Å². The Kier molecular flexibility index (Phi) is 5.88. The van der Waals surface area contributed by atoms with Crippen LogP contribution in [0.2, 0.25) is 0 Å². The van der Waals surface area contributed by atoms with Crippen LogP contribution in [0.3, 0.4) is 0 Å². The van der Waals surface area contributed by atoms with E-state index in [1.165, 1.54) is 12.8 Å². The van der Waals surface area contributed by atoms with Crippen molar-refractivity contribution in [3.8, 4) is 0 Å². The fraction of sp³-hybridized carbons (Fsp3) is 0.917. The molecule has 15 heavy (non-hydrogen) atoms. The van der Waals surface area contributed by atoms with Gasteiger partial charge in [-0.1, -0.05) is 20.3 Å². The molecule has 1 unspecified atom stereocenters. The molecule has 1 atom stereocenters. The first-order chi connectivity index (χ1) is 7.31. The lowest BCUT2D eigenvalue weighted by molar-refractivity contribution is -0.113. The molecule has 0 bridgehead atoms. The van der Waals surface area contributed by atoms with E-state index >= 15 is 0 Å². The lowest BCUT2D eigenvalue weighted by atomic mass is 10.0. The molecule has 0 radical (unpaired) electrons. The van der Waals surface area contributed by atoms with Crippen molar-refractivity contribution in [1.29, 1.82) is 0 Å². The van der Waals surface area contributed by atoms with E-state index in [-0.39, 0.29) is 6.04 Å². The number of aldehydes is 1. The number of hydrogen-bond donors (Lipinski definition) is 0. The molecule has 1 aliphatic rings. The average molecular weight is 212 g/mol. The van der Waals surface area contributed by atoms with Crippen LogP contribution in [0.5, 0.6) is 0 Å². The van der Waals surface area contributed by atoms with Gasteiger partial charge in [0.05, 0.1) is 6.04 Å². The van der Waals surface area contributed by atoms with Gasteiger partial charge in [0.25, 0.3) is 0 Å². The molecule has 0 aromatic rings. The van der Waals surface area contributed by atoms with Crippen LogP contribution >= 0.6 is 0 Å². The van der Waals surface area contributed by atoms with Crippen LogP contribution in [0.4, 0.5) is 0 Å². The average Bonchev–Trinajstić information content (AvgIpc) is 2.31. The molecule has 0 spiro atoms. The molecule has 3 nitrogen and oxygen atoms in total. The van der Waals surface area contributed by atoms with Gasteiger partial charge in [-0.2, -0.15) is 0 Å². The monoisotopic (exact) mass is 212 g/mol. The maximum atomic E-state index is 10.9. The van der Waals surface area contributed by atoms with E-state index < -0.39 is 0 Å². The van der Waals surface area contributed by atoms with Crippen molar-refractivity contribution in [3.63, 3.8) is 0 Å². The Morgan fingerprint density at radius 3 is 2.67 bits per heavy atom. The number of nitrogens with zero attached hydrogens (tertiary/aromatic N) is 2. The van der Waals surface area contributed by atoms with E-state index in [1.54, 1.807) is 0 Å². The molecule has 1 heterocycles. The number of likely N-dealkylation sites (N-methyl/N-ethyl adjacent to an activating group) is 1. The third-order valence-electron chi connectivity index (χ3n) is 3.42. The van der Waals surface area contributed by atoms with E-state index in [9.17, 15) is 4.79 Å². The minimum atomic E-state index is 0.189. The standard InChI is InChI=1S/C12H24N2O/c1-3-13(4-2)9-10-14-8-6-5-7-12(14)11-15/h11-12H,3-10H2,1-2H3. The molecule has 0 aromatic heterocycles. The molecule has 1 rings (SSSR count). The Bertz CT molecular complexity index is 180. The van der Waals surface area contributed by atoms with E-state index in [2.05, 4.69) is 23.6 Å². The third kappa shape index (κ3) is 3.92. The van der Waals surface area contributed by atoms with Crippen molar-refractivity contribution in [1.82, 2.24) is 9.80 Å². The first kappa shape index (κ1) is 12.7. The highest BCUT2D eigenvalue weighted by Crippen LogP contribution is 2.14. The van der Waals surface area contributed by atoms with Crippen LogP contribution in [0.15, 0.2) is 0 Å². The SMILES string of the molecule is CCN(CC)CCN1CCCCC1C=O. The summed E-state index contributed by atoms with van der Waals surface area (Å²) in [4.78, 5) is 15.7. The molecular weight excluding hydrogens is 188 g/mol. The summed E-state index contributed by atoms with van der Waals surface area (Å²) in [5.74, 6) is 0. The molecule has 0 saturated carbocycles. The normalized spacial score (nSPS) is 23.3. The van der Waals surface area contributed by atoms with Crippen molar-refractivity contribution in [3.05, 3.63) is 0 Å². The smallest absolute Gasteiger partial charge is 0.137 e. The van der Waals surface area contributed by atoms with E-state index in [0.717, 1.165) is 45.4 Å². The topological polar surface area (TPSA) is 23.6 Å². The van der Waals surface area contributed by atoms with E-state index in [0.29, 0.717) is 0 Å². The number of carbonyl (C=O) groups is 1. The van der Waals surface area contributed by atoms with Gasteiger partial charge in [-0.15, -0.1) is 0 Å². The highest BCUT2D eigenvalue weighted by Gasteiger charge is 2.21. The Morgan fingerprint density at radius 2 is 2.07 bits per heavy atom. The van der Waals surface area contributed by atoms with Gasteiger partial charge in [-0.25, -0.2) is 0 Å². The first-order valence-corrected chi connectivity index (χ1v) is 6.23. The molecule has 88 valence electrons. The van der Waals surface area contributed by atoms with Crippen molar-refractivity contribution in [2.24, 2.45) is 0 Å². The fourth-order valence-corrected chi connectivity index (χ4v) is 2.26. The molecule has 1 fully saturated rings. The van der Waals surface area contributed by atoms with Crippen molar-refractivity contribution in [2.75, 3.05) is 32.7 Å². The minimum absolute atomic E-state index is 0.189. The zero-order valence-electron chi connectivity index (χ0n) is 10.1. The fourth-order valence-electron chi connectivity index (χ4n) is 2.26. The van der Waals surface area contributed by atoms with Crippen LogP contribution in [0.25, 0.3) is 0 Å². The Morgan fingerprint density at radius 1 is 1.33 bits per heavy atom. The second kappa shape index (κ2) is 6.96. The van der Waals surface area contributed by atoms with E-state index in [1.807, 2.05) is 0 Å². The summed E-state index contributed by atoms with van der Waals surface area (Å²) in [6.45, 7) is 9.84. The summed E-state index contributed by atoms with van der Waals surface area (Å²) in [5, 5.41) is 0. The highest BCUT2D eigenvalue weighted by atomic mass is 16.1. The third-order valence-corrected chi connectivity index (χ3v) is 3.42. The van der Waals surface area contributed by atoms with Crippen LogP contribution in [-0.4, -0.2) is 54.9 Å². The van der Waals surface area contributed by atoms with Crippen molar-refractivity contribution < 1.29 is 4.79 Å². The zero-order chi connectivity index (χ0) is 11.1. The van der Waals surface area contributed by atoms with Gasteiger partial charge in [0.1, 0.15) is 6.29 Å². The van der Waals surface area contributed by atoms with Gasteiger partial charge in [0, 0.05) is 13.1 Å². The summed E-state index contributed by atoms with van der Waals surface area (Å²) in [5.41, 5.74) is 0. The molecule has 1 aliphatic heterocycles. The summed E-state index contributed by atoms with van der Waals surface area (Å²) in [6, 6.07) is 0.189. The molecule has 0 amide bonds. The summed E-state index contributed by atoms with van der Waals surface area (Å²) >= 11 is 0. The van der Waals surface area contributed by atoms with Crippen LogP contribution < -0.4 is 0 Å². The van der Waals surface area contributed by atoms with Gasteiger partial charge in [0.2, 0.25) is 0 Å². The predicted molar refractivity (Wildman–Crippen MR) is 63.1 cm³/mol. The maximum absolute atomic E-state index is 10.9. The lowest BCUT2D eigenvalue weighted by Crippen LogP contribution is -2.44. The number of rotatable bonds is 6. The number of carbonyl (C=O) groups excluding carboxylic acids is 1. The number of piperidine rings is 1. The Balaban J connectivity index is 2.31. The summed E-state index contributed by atoms with van der Waals surface area (Å²) in [7, 11) is 0. The predicted octanol–water partition coefficient (Wildman–Crippen LogP) is 1.38.